The lowest BCUT2D eigenvalue weighted by atomic mass is 9.87. The van der Waals surface area contributed by atoms with Crippen molar-refractivity contribution in [3.05, 3.63) is 191 Å². The van der Waals surface area contributed by atoms with Gasteiger partial charge in [-0.1, -0.05) is 124 Å². The average molecular weight is 1050 g/mol. The maximum Gasteiger partial charge on any atom is 0.410 e. The van der Waals surface area contributed by atoms with Crippen molar-refractivity contribution in [2.75, 3.05) is 91.9 Å². The number of hydrogen-bond acceptors (Lipinski definition) is 11. The first kappa shape index (κ1) is 60.9. The van der Waals surface area contributed by atoms with E-state index in [0.717, 1.165) is 127 Å². The largest absolute Gasteiger partial charge is 0.508 e. The number of hydrogen-bond donors (Lipinski definition) is 5. The number of carbonyl (C=O) groups excluding carboxylic acids is 1. The quantitative estimate of drug-likeness (QED) is 0.0466. The third-order valence-corrected chi connectivity index (χ3v) is 13.2. The zero-order valence-electron chi connectivity index (χ0n) is 44.0. The molecule has 2 aliphatic heterocycles. The van der Waals surface area contributed by atoms with E-state index in [4.69, 9.17) is 14.2 Å². The number of carbonyl (C=O) groups is 1. The maximum atomic E-state index is 12.3. The summed E-state index contributed by atoms with van der Waals surface area (Å²) in [6, 6.07) is 51.5. The molecule has 2 aliphatic rings. The second kappa shape index (κ2) is 31.3. The van der Waals surface area contributed by atoms with Gasteiger partial charge in [0.2, 0.25) is 0 Å². The van der Waals surface area contributed by atoms with Gasteiger partial charge >= 0.3 is 6.09 Å². The Morgan fingerprint density at radius 1 is 0.494 bits per heavy atom. The minimum Gasteiger partial charge on any atom is -0.508 e. The van der Waals surface area contributed by atoms with Crippen molar-refractivity contribution in [3.8, 4) is 23.0 Å². The van der Waals surface area contributed by atoms with Gasteiger partial charge < -0.3 is 44.9 Å². The predicted octanol–water partition coefficient (Wildman–Crippen LogP) is 11.7. The molecule has 6 aromatic rings. The van der Waals surface area contributed by atoms with Crippen LogP contribution in [0.15, 0.2) is 158 Å². The first-order valence-corrected chi connectivity index (χ1v) is 26.5. The predicted molar refractivity (Wildman–Crippen MR) is 314 cm³/mol. The Morgan fingerprint density at radius 2 is 0.857 bits per heavy atom. The molecule has 6 aromatic carbocycles. The Balaban J connectivity index is 0.000000281. The van der Waals surface area contributed by atoms with Crippen LogP contribution < -0.4 is 14.8 Å². The van der Waals surface area contributed by atoms with E-state index in [2.05, 4.69) is 63.6 Å². The SMILES string of the molecule is C.C.CC(C)(C)OC(=O)N1CCN(CCOc2ccc(/C(=C(/CCCO)c3ccccc3)c3ccc(O)cc3)cc2)CC1.OCCC/C(=C(\c1ccc(O)cc1)c1ccc(OCCN2CCNCC2)cc1)c1ccccc1. The molecule has 0 unspecified atom stereocenters. The van der Waals surface area contributed by atoms with Crippen LogP contribution in [0.25, 0.3) is 22.3 Å². The van der Waals surface area contributed by atoms with E-state index < -0.39 is 5.60 Å². The molecule has 2 saturated heterocycles. The Labute approximate surface area is 458 Å². The molecule has 0 atom stereocenters. The topological polar surface area (TPSA) is 147 Å². The van der Waals surface area contributed by atoms with E-state index in [1.807, 2.05) is 106 Å². The minimum absolute atomic E-state index is 0. The molecule has 77 heavy (non-hydrogen) atoms. The number of ether oxygens (including phenoxy) is 3. The number of nitrogens with zero attached hydrogens (tertiary/aromatic N) is 3. The zero-order chi connectivity index (χ0) is 52.8. The second-order valence-electron chi connectivity index (χ2n) is 19.8. The maximum absolute atomic E-state index is 12.3. The number of aliphatic hydroxyl groups is 2. The van der Waals surface area contributed by atoms with Gasteiger partial charge in [-0.05, 0) is 151 Å². The number of amides is 1. The van der Waals surface area contributed by atoms with Gasteiger partial charge in [0.15, 0.2) is 0 Å². The number of piperazine rings is 2. The standard InChI is InChI=1S/C34H42N2O5.C29H34N2O3.2CH4/c1-34(2,3)41-33(39)36-21-19-35(20-22-36)23-25-40-30-17-13-28(14-18-30)32(27-11-15-29(38)16-12-27)31(10-7-24-37)26-8-5-4-6-9-26;32-21-4-7-28(23-5-2-1-3-6-23)29(24-8-12-26(33)13-9-24)25-10-14-27(15-11-25)34-22-20-31-18-16-30-17-19-31;;/h4-6,8-9,11-18,37-38H,7,10,19-25H2,1-3H3;1-3,5-6,8-15,30,32-33H,4,7,16-22H2;2*1H4/b32-31-;29-28-;;. The number of benzene rings is 6. The number of phenols is 2. The van der Waals surface area contributed by atoms with Crippen LogP contribution in [-0.4, -0.2) is 139 Å². The highest BCUT2D eigenvalue weighted by molar-refractivity contribution is 5.99. The Morgan fingerprint density at radius 3 is 1.22 bits per heavy atom. The van der Waals surface area contributed by atoms with Crippen molar-refractivity contribution >= 4 is 28.4 Å². The van der Waals surface area contributed by atoms with Crippen molar-refractivity contribution in [2.45, 2.75) is 66.9 Å². The molecule has 2 fully saturated rings. The number of aromatic hydroxyl groups is 2. The zero-order valence-corrected chi connectivity index (χ0v) is 44.0. The normalized spacial score (nSPS) is 14.6. The Hall–Kier alpha value is -6.93. The van der Waals surface area contributed by atoms with Gasteiger partial charge in [0.1, 0.15) is 41.8 Å². The second-order valence-corrected chi connectivity index (χ2v) is 19.8. The summed E-state index contributed by atoms with van der Waals surface area (Å²) in [5.74, 6) is 2.12. The van der Waals surface area contributed by atoms with Crippen LogP contribution in [0.2, 0.25) is 0 Å². The van der Waals surface area contributed by atoms with Crippen LogP contribution in [0.4, 0.5) is 4.79 Å². The van der Waals surface area contributed by atoms with E-state index in [0.29, 0.717) is 39.1 Å². The van der Waals surface area contributed by atoms with Crippen LogP contribution in [0.3, 0.4) is 0 Å². The third-order valence-electron chi connectivity index (χ3n) is 13.2. The summed E-state index contributed by atoms with van der Waals surface area (Å²) in [6.07, 6.45) is 2.55. The average Bonchev–Trinajstić information content (AvgIpc) is 3.43. The van der Waals surface area contributed by atoms with Gasteiger partial charge in [0.25, 0.3) is 0 Å². The summed E-state index contributed by atoms with van der Waals surface area (Å²) >= 11 is 0. The fourth-order valence-corrected chi connectivity index (χ4v) is 9.34. The molecule has 0 saturated carbocycles. The van der Waals surface area contributed by atoms with Crippen LogP contribution in [0.5, 0.6) is 23.0 Å². The number of aliphatic hydroxyl groups excluding tert-OH is 2. The molecular formula is C65H84N4O8. The summed E-state index contributed by atoms with van der Waals surface area (Å²) in [7, 11) is 0. The fraction of sp³-hybridized carbons (Fsp3) is 0.369. The highest BCUT2D eigenvalue weighted by atomic mass is 16.6. The van der Waals surface area contributed by atoms with Crippen molar-refractivity contribution in [2.24, 2.45) is 0 Å². The molecule has 12 nitrogen and oxygen atoms in total. The molecule has 0 bridgehead atoms. The summed E-state index contributed by atoms with van der Waals surface area (Å²) in [5, 5.41) is 42.3. The van der Waals surface area contributed by atoms with Crippen molar-refractivity contribution in [1.29, 1.82) is 0 Å². The molecule has 412 valence electrons. The molecule has 0 spiro atoms. The molecule has 2 heterocycles. The molecule has 0 aromatic heterocycles. The summed E-state index contributed by atoms with van der Waals surface area (Å²) in [5.41, 5.74) is 10.4. The molecule has 0 radical (unpaired) electrons. The Bertz CT molecular complexity index is 2690. The van der Waals surface area contributed by atoms with Crippen molar-refractivity contribution in [3.63, 3.8) is 0 Å². The van der Waals surface area contributed by atoms with Gasteiger partial charge in [-0.2, -0.15) is 0 Å². The molecular weight excluding hydrogens is 965 g/mol. The molecule has 12 heteroatoms. The number of allylic oxidation sites excluding steroid dienone is 2. The monoisotopic (exact) mass is 1050 g/mol. The van der Waals surface area contributed by atoms with E-state index in [1.165, 1.54) is 5.57 Å². The van der Waals surface area contributed by atoms with E-state index in [9.17, 15) is 25.2 Å². The number of nitrogens with one attached hydrogen (secondary N) is 1. The first-order chi connectivity index (χ1) is 36.5. The van der Waals surface area contributed by atoms with Gasteiger partial charge in [-0.15, -0.1) is 0 Å². The van der Waals surface area contributed by atoms with E-state index in [1.54, 1.807) is 29.2 Å². The Kier molecular flexibility index (Phi) is 24.8. The van der Waals surface area contributed by atoms with Crippen LogP contribution in [0, 0.1) is 0 Å². The van der Waals surface area contributed by atoms with Crippen LogP contribution in [-0.2, 0) is 4.74 Å². The van der Waals surface area contributed by atoms with Crippen molar-refractivity contribution in [1.82, 2.24) is 20.0 Å². The highest BCUT2D eigenvalue weighted by Gasteiger charge is 2.26. The molecule has 8 rings (SSSR count). The molecule has 0 aliphatic carbocycles. The first-order valence-electron chi connectivity index (χ1n) is 26.5. The lowest BCUT2D eigenvalue weighted by Gasteiger charge is -2.35. The number of rotatable bonds is 20. The summed E-state index contributed by atoms with van der Waals surface area (Å²) < 4.78 is 17.6. The lowest BCUT2D eigenvalue weighted by molar-refractivity contribution is 0.0137. The smallest absolute Gasteiger partial charge is 0.410 e. The van der Waals surface area contributed by atoms with E-state index >= 15 is 0 Å². The highest BCUT2D eigenvalue weighted by Crippen LogP contribution is 2.38. The van der Waals surface area contributed by atoms with Gasteiger partial charge in [0, 0.05) is 78.7 Å². The lowest BCUT2D eigenvalue weighted by Crippen LogP contribution is -2.50. The summed E-state index contributed by atoms with van der Waals surface area (Å²) in [6.45, 7) is 15.9. The fourth-order valence-electron chi connectivity index (χ4n) is 9.34. The van der Waals surface area contributed by atoms with Crippen LogP contribution in [0.1, 0.15) is 94.7 Å². The summed E-state index contributed by atoms with van der Waals surface area (Å²) in [4.78, 5) is 18.8. The molecule has 1 amide bonds. The van der Waals surface area contributed by atoms with Gasteiger partial charge in [-0.25, -0.2) is 4.79 Å². The van der Waals surface area contributed by atoms with Gasteiger partial charge in [-0.3, -0.25) is 9.80 Å². The number of phenolic OH excluding ortho intramolecular Hbond substituents is 2. The third kappa shape index (κ3) is 18.9. The van der Waals surface area contributed by atoms with E-state index in [-0.39, 0.29) is 45.7 Å². The van der Waals surface area contributed by atoms with Crippen LogP contribution >= 0.6 is 0 Å². The molecule has 5 N–H and O–H groups in total. The van der Waals surface area contributed by atoms with Gasteiger partial charge in [0.05, 0.1) is 0 Å². The van der Waals surface area contributed by atoms with Crippen molar-refractivity contribution < 1.29 is 39.4 Å². The minimum atomic E-state index is -0.485.